The van der Waals surface area contributed by atoms with Crippen LogP contribution in [0.5, 0.6) is 0 Å². The summed E-state index contributed by atoms with van der Waals surface area (Å²) in [4.78, 5) is 13.2. The molecule has 0 unspecified atom stereocenters. The lowest BCUT2D eigenvalue weighted by Crippen LogP contribution is -1.98. The van der Waals surface area contributed by atoms with E-state index in [1.165, 1.54) is 0 Å². The number of pyridine rings is 1. The molecule has 1 aromatic carbocycles. The van der Waals surface area contributed by atoms with Gasteiger partial charge in [-0.2, -0.15) is 0 Å². The minimum Gasteiger partial charge on any atom is -0.368 e. The third kappa shape index (κ3) is 2.32. The summed E-state index contributed by atoms with van der Waals surface area (Å²) in [5.74, 6) is 0.266. The molecule has 3 aromatic heterocycles. The summed E-state index contributed by atoms with van der Waals surface area (Å²) < 4.78 is 1.99. The topological polar surface area (TPSA) is 69.6 Å². The highest BCUT2D eigenvalue weighted by Gasteiger charge is 2.13. The number of hydrogen-bond acceptors (Lipinski definition) is 4. The minimum absolute atomic E-state index is 0.266. The molecule has 4 aromatic rings. The van der Waals surface area contributed by atoms with Crippen LogP contribution in [-0.4, -0.2) is 19.5 Å². The Morgan fingerprint density at radius 2 is 1.74 bits per heavy atom. The number of aryl methyl sites for hydroxylation is 1. The lowest BCUT2D eigenvalue weighted by atomic mass is 10.1. The van der Waals surface area contributed by atoms with Gasteiger partial charge in [-0.3, -0.25) is 0 Å². The Hall–Kier alpha value is -3.21. The molecule has 2 N–H and O–H groups in total. The van der Waals surface area contributed by atoms with Crippen LogP contribution >= 0.6 is 0 Å². The lowest BCUT2D eigenvalue weighted by Gasteiger charge is -2.05. The van der Waals surface area contributed by atoms with E-state index >= 15 is 0 Å². The molecule has 0 spiro atoms. The number of nitrogen functional groups attached to an aromatic ring is 1. The summed E-state index contributed by atoms with van der Waals surface area (Å²) in [5, 5.41) is 1.05. The summed E-state index contributed by atoms with van der Waals surface area (Å²) in [6.45, 7) is 0. The third-order valence-corrected chi connectivity index (χ3v) is 3.82. The van der Waals surface area contributed by atoms with Crippen LogP contribution in [0.25, 0.3) is 33.5 Å². The number of anilines is 1. The second-order valence-electron chi connectivity index (χ2n) is 5.39. The molecule has 0 saturated heterocycles. The Labute approximate surface area is 133 Å². The van der Waals surface area contributed by atoms with Crippen molar-refractivity contribution in [3.05, 3.63) is 60.9 Å². The van der Waals surface area contributed by atoms with E-state index in [-0.39, 0.29) is 5.95 Å². The van der Waals surface area contributed by atoms with Gasteiger partial charge in [-0.25, -0.2) is 15.0 Å². The zero-order valence-corrected chi connectivity index (χ0v) is 12.6. The van der Waals surface area contributed by atoms with Crippen molar-refractivity contribution >= 4 is 17.0 Å². The second-order valence-corrected chi connectivity index (χ2v) is 5.39. The van der Waals surface area contributed by atoms with E-state index < -0.39 is 0 Å². The molecule has 0 atom stereocenters. The Kier molecular flexibility index (Phi) is 3.05. The van der Waals surface area contributed by atoms with Crippen LogP contribution in [0, 0.1) is 0 Å². The van der Waals surface area contributed by atoms with Crippen LogP contribution in [0.3, 0.4) is 0 Å². The van der Waals surface area contributed by atoms with Crippen molar-refractivity contribution in [2.75, 3.05) is 5.73 Å². The molecule has 112 valence electrons. The van der Waals surface area contributed by atoms with Crippen LogP contribution in [0.1, 0.15) is 0 Å². The standard InChI is InChI=1S/C18H15N5/c1-23-11-14(13-8-5-9-20-17(13)23)16-10-15(21-18(19)22-16)12-6-3-2-4-7-12/h2-11H,1H3,(H2,19,21,22). The SMILES string of the molecule is Cn1cc(-c2cc(-c3ccccc3)nc(N)n2)c2cccnc21. The monoisotopic (exact) mass is 301 g/mol. The van der Waals surface area contributed by atoms with E-state index in [9.17, 15) is 0 Å². The first-order valence-corrected chi connectivity index (χ1v) is 7.33. The first-order valence-electron chi connectivity index (χ1n) is 7.33. The Morgan fingerprint density at radius 3 is 2.57 bits per heavy atom. The Bertz CT molecular complexity index is 989. The molecule has 23 heavy (non-hydrogen) atoms. The summed E-state index contributed by atoms with van der Waals surface area (Å²) in [5.41, 5.74) is 10.5. The van der Waals surface area contributed by atoms with Crippen LogP contribution in [0.2, 0.25) is 0 Å². The van der Waals surface area contributed by atoms with Gasteiger partial charge in [0.15, 0.2) is 0 Å². The van der Waals surface area contributed by atoms with E-state index in [0.717, 1.165) is 33.5 Å². The van der Waals surface area contributed by atoms with Gasteiger partial charge >= 0.3 is 0 Å². The van der Waals surface area contributed by atoms with Gasteiger partial charge in [0.2, 0.25) is 5.95 Å². The van der Waals surface area contributed by atoms with E-state index in [1.807, 2.05) is 66.3 Å². The van der Waals surface area contributed by atoms with Gasteiger partial charge in [0.1, 0.15) is 5.65 Å². The maximum absolute atomic E-state index is 5.94. The molecule has 0 radical (unpaired) electrons. The van der Waals surface area contributed by atoms with Crippen molar-refractivity contribution < 1.29 is 0 Å². The van der Waals surface area contributed by atoms with Crippen molar-refractivity contribution in [2.45, 2.75) is 0 Å². The molecule has 4 rings (SSSR count). The number of fused-ring (bicyclic) bond motifs is 1. The molecular formula is C18H15N5. The van der Waals surface area contributed by atoms with Gasteiger partial charge in [0, 0.05) is 36.0 Å². The molecule has 0 aliphatic rings. The molecular weight excluding hydrogens is 286 g/mol. The van der Waals surface area contributed by atoms with E-state index in [0.29, 0.717) is 0 Å². The van der Waals surface area contributed by atoms with Crippen molar-refractivity contribution in [1.82, 2.24) is 19.5 Å². The van der Waals surface area contributed by atoms with E-state index in [2.05, 4.69) is 15.0 Å². The first-order chi connectivity index (χ1) is 11.2. The second kappa shape index (κ2) is 5.21. The van der Waals surface area contributed by atoms with Crippen molar-refractivity contribution in [2.24, 2.45) is 7.05 Å². The van der Waals surface area contributed by atoms with E-state index in [1.54, 1.807) is 6.20 Å². The highest BCUT2D eigenvalue weighted by Crippen LogP contribution is 2.30. The smallest absolute Gasteiger partial charge is 0.221 e. The number of aromatic nitrogens is 4. The number of nitrogens with zero attached hydrogens (tertiary/aromatic N) is 4. The van der Waals surface area contributed by atoms with Gasteiger partial charge in [-0.1, -0.05) is 30.3 Å². The van der Waals surface area contributed by atoms with Gasteiger partial charge < -0.3 is 10.3 Å². The molecule has 3 heterocycles. The average Bonchev–Trinajstić information content (AvgIpc) is 2.93. The van der Waals surface area contributed by atoms with Gasteiger partial charge in [0.05, 0.1) is 11.4 Å². The average molecular weight is 301 g/mol. The van der Waals surface area contributed by atoms with Crippen molar-refractivity contribution in [3.8, 4) is 22.5 Å². The quantitative estimate of drug-likeness (QED) is 0.617. The summed E-state index contributed by atoms with van der Waals surface area (Å²) in [7, 11) is 1.97. The highest BCUT2D eigenvalue weighted by atomic mass is 15.0. The molecule has 0 aliphatic carbocycles. The predicted molar refractivity (Wildman–Crippen MR) is 91.6 cm³/mol. The lowest BCUT2D eigenvalue weighted by molar-refractivity contribution is 0.948. The molecule has 0 aliphatic heterocycles. The Balaban J connectivity index is 1.94. The fourth-order valence-electron chi connectivity index (χ4n) is 2.78. The molecule has 0 amide bonds. The number of hydrogen-bond donors (Lipinski definition) is 1. The fourth-order valence-corrected chi connectivity index (χ4v) is 2.78. The van der Waals surface area contributed by atoms with Crippen molar-refractivity contribution in [1.29, 1.82) is 0 Å². The first kappa shape index (κ1) is 13.5. The van der Waals surface area contributed by atoms with Crippen LogP contribution in [-0.2, 0) is 7.05 Å². The largest absolute Gasteiger partial charge is 0.368 e. The van der Waals surface area contributed by atoms with Gasteiger partial charge in [-0.15, -0.1) is 0 Å². The highest BCUT2D eigenvalue weighted by molar-refractivity contribution is 5.93. The summed E-state index contributed by atoms with van der Waals surface area (Å²) in [6.07, 6.45) is 3.81. The predicted octanol–water partition coefficient (Wildman–Crippen LogP) is 3.28. The normalized spacial score (nSPS) is 11.0. The molecule has 5 heteroatoms. The minimum atomic E-state index is 0.266. The molecule has 0 fully saturated rings. The number of rotatable bonds is 2. The zero-order chi connectivity index (χ0) is 15.8. The number of nitrogens with two attached hydrogens (primary N) is 1. The summed E-state index contributed by atoms with van der Waals surface area (Å²) in [6, 6.07) is 15.9. The molecule has 0 bridgehead atoms. The Morgan fingerprint density at radius 1 is 0.957 bits per heavy atom. The van der Waals surface area contributed by atoms with Crippen molar-refractivity contribution in [3.63, 3.8) is 0 Å². The fraction of sp³-hybridized carbons (Fsp3) is 0.0556. The molecule has 5 nitrogen and oxygen atoms in total. The third-order valence-electron chi connectivity index (χ3n) is 3.82. The summed E-state index contributed by atoms with van der Waals surface area (Å²) >= 11 is 0. The van der Waals surface area contributed by atoms with Crippen LogP contribution in [0.15, 0.2) is 60.9 Å². The zero-order valence-electron chi connectivity index (χ0n) is 12.6. The molecule has 0 saturated carbocycles. The maximum atomic E-state index is 5.94. The van der Waals surface area contributed by atoms with E-state index in [4.69, 9.17) is 5.73 Å². The van der Waals surface area contributed by atoms with Crippen LogP contribution in [0.4, 0.5) is 5.95 Å². The maximum Gasteiger partial charge on any atom is 0.221 e. The van der Waals surface area contributed by atoms with Crippen LogP contribution < -0.4 is 5.73 Å². The number of benzene rings is 1. The van der Waals surface area contributed by atoms with Gasteiger partial charge in [0.25, 0.3) is 0 Å². The van der Waals surface area contributed by atoms with Gasteiger partial charge in [-0.05, 0) is 18.2 Å².